The van der Waals surface area contributed by atoms with Crippen molar-refractivity contribution in [2.75, 3.05) is 18.4 Å². The van der Waals surface area contributed by atoms with Gasteiger partial charge < -0.3 is 4.90 Å². The van der Waals surface area contributed by atoms with Gasteiger partial charge in [-0.2, -0.15) is 10.4 Å². The highest BCUT2D eigenvalue weighted by Gasteiger charge is 2.62. The molecule has 6 nitrogen and oxygen atoms in total. The number of anilines is 1. The Morgan fingerprint density at radius 1 is 1.23 bits per heavy atom. The lowest BCUT2D eigenvalue weighted by atomic mass is 10.1. The number of hydrogen-bond donors (Lipinski definition) is 1. The number of aromatic nitrogens is 2. The first-order valence-electron chi connectivity index (χ1n) is 8.95. The fraction of sp³-hybridized carbons (Fsp3) is 0.450. The Bertz CT molecular complexity index is 905. The third kappa shape index (κ3) is 2.47. The van der Waals surface area contributed by atoms with Crippen LogP contribution < -0.4 is 5.32 Å². The summed E-state index contributed by atoms with van der Waals surface area (Å²) < 4.78 is 1.74. The molecule has 2 unspecified atom stereocenters. The average molecular weight is 349 g/mol. The predicted octanol–water partition coefficient (Wildman–Crippen LogP) is 3.48. The van der Waals surface area contributed by atoms with E-state index in [4.69, 9.17) is 5.26 Å². The fourth-order valence-corrected chi connectivity index (χ4v) is 4.09. The van der Waals surface area contributed by atoms with Gasteiger partial charge >= 0.3 is 6.03 Å². The van der Waals surface area contributed by atoms with Crippen molar-refractivity contribution in [1.82, 2.24) is 14.7 Å². The minimum atomic E-state index is -0.0640. The lowest BCUT2D eigenvalue weighted by Crippen LogP contribution is -2.36. The van der Waals surface area contributed by atoms with E-state index in [0.29, 0.717) is 28.6 Å². The van der Waals surface area contributed by atoms with E-state index in [-0.39, 0.29) is 6.03 Å². The number of nitrogens with one attached hydrogen (secondary N) is 1. The minimum absolute atomic E-state index is 0.0640. The molecule has 1 aromatic carbocycles. The molecule has 0 bridgehead atoms. The van der Waals surface area contributed by atoms with Crippen molar-refractivity contribution in [3.63, 3.8) is 0 Å². The number of urea groups is 1. The molecule has 1 aliphatic carbocycles. The summed E-state index contributed by atoms with van der Waals surface area (Å²) in [4.78, 5) is 14.7. The average Bonchev–Trinajstić information content (AvgIpc) is 3.00. The molecule has 2 fully saturated rings. The number of benzene rings is 1. The minimum Gasteiger partial charge on any atom is -0.324 e. The molecule has 6 heteroatoms. The molecular formula is C20H23N5O. The van der Waals surface area contributed by atoms with Crippen LogP contribution in [0.4, 0.5) is 10.6 Å². The molecule has 2 aliphatic rings. The second-order valence-electron chi connectivity index (χ2n) is 8.00. The molecule has 0 radical (unpaired) electrons. The van der Waals surface area contributed by atoms with Crippen LogP contribution in [0.15, 0.2) is 24.3 Å². The summed E-state index contributed by atoms with van der Waals surface area (Å²) in [5, 5.41) is 16.6. The van der Waals surface area contributed by atoms with E-state index in [9.17, 15) is 4.79 Å². The van der Waals surface area contributed by atoms with E-state index in [1.807, 2.05) is 30.9 Å². The molecule has 26 heavy (non-hydrogen) atoms. The number of amides is 2. The molecular weight excluding hydrogens is 326 g/mol. The standard InChI is InChI=1S/C20H23N5O/c1-12-13(2)23-25(15-7-5-14(9-21)6-8-15)18(12)22-19(26)24-10-16-17(11-24)20(16,3)4/h5-8,16-17H,10-11H2,1-4H3,(H,22,26). The van der Waals surface area contributed by atoms with Gasteiger partial charge in [-0.1, -0.05) is 13.8 Å². The van der Waals surface area contributed by atoms with E-state index in [1.54, 1.807) is 16.8 Å². The maximum atomic E-state index is 12.8. The number of nitriles is 1. The van der Waals surface area contributed by atoms with E-state index < -0.39 is 0 Å². The first-order chi connectivity index (χ1) is 12.3. The number of fused-ring (bicyclic) bond motifs is 1. The zero-order chi connectivity index (χ0) is 18.6. The van der Waals surface area contributed by atoms with Crippen LogP contribution in [-0.2, 0) is 0 Å². The Hall–Kier alpha value is -2.81. The van der Waals surface area contributed by atoms with Gasteiger partial charge in [0.2, 0.25) is 0 Å². The van der Waals surface area contributed by atoms with Crippen LogP contribution in [0.3, 0.4) is 0 Å². The Balaban J connectivity index is 1.57. The van der Waals surface area contributed by atoms with Gasteiger partial charge in [0.15, 0.2) is 0 Å². The Morgan fingerprint density at radius 3 is 2.42 bits per heavy atom. The van der Waals surface area contributed by atoms with Gasteiger partial charge in [-0.05, 0) is 55.4 Å². The molecule has 2 atom stereocenters. The molecule has 4 rings (SSSR count). The van der Waals surface area contributed by atoms with Crippen LogP contribution in [0.25, 0.3) is 5.69 Å². The molecule has 1 aliphatic heterocycles. The van der Waals surface area contributed by atoms with Crippen molar-refractivity contribution >= 4 is 11.8 Å². The van der Waals surface area contributed by atoms with Gasteiger partial charge in [0, 0.05) is 18.7 Å². The topological polar surface area (TPSA) is 74.0 Å². The molecule has 2 amide bonds. The fourth-order valence-electron chi connectivity index (χ4n) is 4.09. The van der Waals surface area contributed by atoms with Gasteiger partial charge in [-0.3, -0.25) is 5.32 Å². The Kier molecular flexibility index (Phi) is 3.58. The maximum absolute atomic E-state index is 12.8. The molecule has 2 heterocycles. The van der Waals surface area contributed by atoms with E-state index in [0.717, 1.165) is 30.0 Å². The smallest absolute Gasteiger partial charge is 0.323 e. The van der Waals surface area contributed by atoms with Crippen LogP contribution >= 0.6 is 0 Å². The number of aryl methyl sites for hydroxylation is 1. The van der Waals surface area contributed by atoms with E-state index >= 15 is 0 Å². The normalized spacial score (nSPS) is 22.7. The van der Waals surface area contributed by atoms with Crippen molar-refractivity contribution in [1.29, 1.82) is 5.26 Å². The monoisotopic (exact) mass is 349 g/mol. The second-order valence-corrected chi connectivity index (χ2v) is 8.00. The largest absolute Gasteiger partial charge is 0.324 e. The van der Waals surface area contributed by atoms with E-state index in [2.05, 4.69) is 30.3 Å². The van der Waals surface area contributed by atoms with Crippen molar-refractivity contribution in [3.8, 4) is 11.8 Å². The van der Waals surface area contributed by atoms with Gasteiger partial charge in [-0.15, -0.1) is 0 Å². The number of piperidine rings is 1. The maximum Gasteiger partial charge on any atom is 0.323 e. The van der Waals surface area contributed by atoms with Crippen molar-refractivity contribution < 1.29 is 4.79 Å². The van der Waals surface area contributed by atoms with Gasteiger partial charge in [0.05, 0.1) is 23.0 Å². The number of hydrogen-bond acceptors (Lipinski definition) is 3. The number of carbonyl (C=O) groups is 1. The highest BCUT2D eigenvalue weighted by molar-refractivity contribution is 5.90. The van der Waals surface area contributed by atoms with Crippen LogP contribution in [0, 0.1) is 42.4 Å². The van der Waals surface area contributed by atoms with Crippen LogP contribution in [-0.4, -0.2) is 33.8 Å². The van der Waals surface area contributed by atoms with Gasteiger partial charge in [-0.25, -0.2) is 9.48 Å². The Labute approximate surface area is 153 Å². The molecule has 1 saturated heterocycles. The summed E-state index contributed by atoms with van der Waals surface area (Å²) in [5.74, 6) is 1.94. The first-order valence-corrected chi connectivity index (χ1v) is 8.95. The summed E-state index contributed by atoms with van der Waals surface area (Å²) in [5.41, 5.74) is 3.62. The zero-order valence-electron chi connectivity index (χ0n) is 15.6. The molecule has 1 saturated carbocycles. The predicted molar refractivity (Wildman–Crippen MR) is 99.1 cm³/mol. The lowest BCUT2D eigenvalue weighted by Gasteiger charge is -2.23. The van der Waals surface area contributed by atoms with Crippen LogP contribution in [0.5, 0.6) is 0 Å². The molecule has 134 valence electrons. The third-order valence-electron chi connectivity index (χ3n) is 6.24. The number of nitrogens with zero attached hydrogens (tertiary/aromatic N) is 4. The lowest BCUT2D eigenvalue weighted by molar-refractivity contribution is 0.209. The molecule has 1 N–H and O–H groups in total. The number of carbonyl (C=O) groups excluding carboxylic acids is 1. The van der Waals surface area contributed by atoms with E-state index in [1.165, 1.54) is 0 Å². The van der Waals surface area contributed by atoms with Gasteiger partial charge in [0.25, 0.3) is 0 Å². The molecule has 1 aromatic heterocycles. The second kappa shape index (κ2) is 5.60. The number of likely N-dealkylation sites (tertiary alicyclic amines) is 1. The van der Waals surface area contributed by atoms with Gasteiger partial charge in [0.1, 0.15) is 5.82 Å². The quantitative estimate of drug-likeness (QED) is 0.902. The first kappa shape index (κ1) is 16.6. The summed E-state index contributed by atoms with van der Waals surface area (Å²) in [6, 6.07) is 9.24. The van der Waals surface area contributed by atoms with Crippen molar-refractivity contribution in [2.24, 2.45) is 17.3 Å². The zero-order valence-corrected chi connectivity index (χ0v) is 15.6. The SMILES string of the molecule is Cc1nn(-c2ccc(C#N)cc2)c(NC(=O)N2CC3C(C2)C3(C)C)c1C. The summed E-state index contributed by atoms with van der Waals surface area (Å²) >= 11 is 0. The number of rotatable bonds is 2. The molecule has 0 spiro atoms. The third-order valence-corrected chi connectivity index (χ3v) is 6.24. The van der Waals surface area contributed by atoms with Crippen molar-refractivity contribution in [2.45, 2.75) is 27.7 Å². The summed E-state index contributed by atoms with van der Waals surface area (Å²) in [6.45, 7) is 10.1. The van der Waals surface area contributed by atoms with Crippen molar-refractivity contribution in [3.05, 3.63) is 41.1 Å². The van der Waals surface area contributed by atoms with Crippen LogP contribution in [0.2, 0.25) is 0 Å². The van der Waals surface area contributed by atoms with Crippen LogP contribution in [0.1, 0.15) is 30.7 Å². The highest BCUT2D eigenvalue weighted by atomic mass is 16.2. The highest BCUT2D eigenvalue weighted by Crippen LogP contribution is 2.61. The Morgan fingerprint density at radius 2 is 1.85 bits per heavy atom. The summed E-state index contributed by atoms with van der Waals surface area (Å²) in [7, 11) is 0. The molecule has 2 aromatic rings. The summed E-state index contributed by atoms with van der Waals surface area (Å²) in [6.07, 6.45) is 0.